The summed E-state index contributed by atoms with van der Waals surface area (Å²) in [7, 11) is -4.91. The van der Waals surface area contributed by atoms with E-state index >= 15 is 0 Å². The fourth-order valence-corrected chi connectivity index (χ4v) is 2.19. The van der Waals surface area contributed by atoms with Crippen LogP contribution < -0.4 is 16.1 Å². The highest BCUT2D eigenvalue weighted by Crippen LogP contribution is 2.34. The summed E-state index contributed by atoms with van der Waals surface area (Å²) < 4.78 is 20.9. The molecule has 10 nitrogen and oxygen atoms in total. The van der Waals surface area contributed by atoms with Crippen LogP contribution in [0.4, 0.5) is 0 Å². The van der Waals surface area contributed by atoms with Crippen LogP contribution in [0.5, 0.6) is 0 Å². The molecule has 0 amide bonds. The number of rotatable bonds is 4. The summed E-state index contributed by atoms with van der Waals surface area (Å²) in [5.74, 6) is 0. The number of phosphoric acid groups is 1. The van der Waals surface area contributed by atoms with Crippen molar-refractivity contribution in [3.8, 4) is 0 Å². The summed E-state index contributed by atoms with van der Waals surface area (Å²) in [6.07, 6.45) is -1.76. The third kappa shape index (κ3) is 3.63. The number of nitrogens with one attached hydrogen (secondary N) is 1. The van der Waals surface area contributed by atoms with Crippen molar-refractivity contribution in [2.75, 3.05) is 6.61 Å². The van der Waals surface area contributed by atoms with Crippen LogP contribution in [-0.4, -0.2) is 38.4 Å². The van der Waals surface area contributed by atoms with Gasteiger partial charge < -0.3 is 24.2 Å². The second-order valence-corrected chi connectivity index (χ2v) is 5.41. The molecule has 1 unspecified atom stereocenters. The van der Waals surface area contributed by atoms with Crippen molar-refractivity contribution in [1.82, 2.24) is 9.55 Å². The number of ether oxygens (including phenoxy) is 1. The summed E-state index contributed by atoms with van der Waals surface area (Å²) in [6, 6.07) is 1.11. The quantitative estimate of drug-likeness (QED) is 0.523. The van der Waals surface area contributed by atoms with Gasteiger partial charge in [0.1, 0.15) is 12.3 Å². The molecule has 11 heteroatoms. The lowest BCUT2D eigenvalue weighted by Gasteiger charge is -2.20. The Balaban J connectivity index is 2.08. The molecule has 1 fully saturated rings. The second-order valence-electron chi connectivity index (χ2n) is 4.21. The Morgan fingerprint density at radius 2 is 2.30 bits per heavy atom. The smallest absolute Gasteiger partial charge is 0.330 e. The number of hydrogen-bond acceptors (Lipinski definition) is 7. The first kappa shape index (κ1) is 15.1. The van der Waals surface area contributed by atoms with E-state index in [2.05, 4.69) is 4.52 Å². The molecule has 4 atom stereocenters. The molecule has 3 N–H and O–H groups in total. The second kappa shape index (κ2) is 5.60. The predicted octanol–water partition coefficient (Wildman–Crippen LogP) is -2.34. The van der Waals surface area contributed by atoms with Crippen molar-refractivity contribution in [2.45, 2.75) is 24.9 Å². The van der Waals surface area contributed by atoms with Gasteiger partial charge in [-0.3, -0.25) is 18.9 Å². The van der Waals surface area contributed by atoms with E-state index < -0.39 is 44.1 Å². The van der Waals surface area contributed by atoms with Gasteiger partial charge in [0, 0.05) is 18.7 Å². The SMILES string of the molecule is O=c1ccn([C@H]2C[C@H](O)[C@@H](COP(=O)([O-])O)O2)c(=O)[nH]1. The summed E-state index contributed by atoms with van der Waals surface area (Å²) in [5.41, 5.74) is -1.29. The number of aliphatic hydroxyl groups is 1. The summed E-state index contributed by atoms with van der Waals surface area (Å²) in [6.45, 7) is -0.576. The molecule has 2 rings (SSSR count). The van der Waals surface area contributed by atoms with Gasteiger partial charge in [0.15, 0.2) is 0 Å². The standard InChI is InChI=1S/C9H13N2O8P/c12-5-3-8(11-2-1-7(13)10-9(11)14)19-6(5)4-18-20(15,16)17/h1-2,5-6,8,12H,3-4H2,(H,10,13,14)(H2,15,16,17)/p-1/t5-,6+,8+/m0/s1. The molecule has 0 radical (unpaired) electrons. The first-order valence-corrected chi connectivity index (χ1v) is 7.09. The number of phosphoric ester groups is 1. The van der Waals surface area contributed by atoms with E-state index in [-0.39, 0.29) is 6.42 Å². The number of H-pyrrole nitrogens is 1. The van der Waals surface area contributed by atoms with Gasteiger partial charge >= 0.3 is 5.69 Å². The zero-order valence-corrected chi connectivity index (χ0v) is 10.9. The molecule has 0 spiro atoms. The molecule has 2 heterocycles. The largest absolute Gasteiger partial charge is 0.756 e. The first-order valence-electron chi connectivity index (χ1n) is 5.59. The number of aromatic nitrogens is 2. The third-order valence-electron chi connectivity index (χ3n) is 2.77. The van der Waals surface area contributed by atoms with Crippen LogP contribution in [0.1, 0.15) is 12.6 Å². The summed E-state index contributed by atoms with van der Waals surface area (Å²) in [5, 5.41) is 9.70. The molecule has 1 aromatic rings. The van der Waals surface area contributed by atoms with Gasteiger partial charge in [-0.05, 0) is 0 Å². The third-order valence-corrected chi connectivity index (χ3v) is 3.24. The number of aromatic amines is 1. The molecule has 0 saturated carbocycles. The van der Waals surface area contributed by atoms with Crippen LogP contribution in [0.25, 0.3) is 0 Å². The van der Waals surface area contributed by atoms with Gasteiger partial charge in [0.2, 0.25) is 0 Å². The number of nitrogens with zero attached hydrogens (tertiary/aromatic N) is 1. The van der Waals surface area contributed by atoms with Crippen LogP contribution in [0.15, 0.2) is 21.9 Å². The maximum atomic E-state index is 11.5. The minimum Gasteiger partial charge on any atom is -0.756 e. The summed E-state index contributed by atoms with van der Waals surface area (Å²) >= 11 is 0. The molecule has 1 aromatic heterocycles. The van der Waals surface area contributed by atoms with E-state index in [0.717, 1.165) is 10.6 Å². The van der Waals surface area contributed by atoms with Crippen molar-refractivity contribution in [2.24, 2.45) is 0 Å². The molecule has 1 saturated heterocycles. The topological polar surface area (TPSA) is 154 Å². The van der Waals surface area contributed by atoms with E-state index in [1.165, 1.54) is 6.20 Å². The van der Waals surface area contributed by atoms with Crippen LogP contribution in [0.2, 0.25) is 0 Å². The lowest BCUT2D eigenvalue weighted by molar-refractivity contribution is -0.222. The van der Waals surface area contributed by atoms with E-state index in [1.54, 1.807) is 0 Å². The molecule has 0 aliphatic carbocycles. The fraction of sp³-hybridized carbons (Fsp3) is 0.556. The molecule has 20 heavy (non-hydrogen) atoms. The molecular formula is C9H12N2O8P-. The predicted molar refractivity (Wildman–Crippen MR) is 61.6 cm³/mol. The van der Waals surface area contributed by atoms with Gasteiger partial charge in [-0.25, -0.2) is 4.79 Å². The molecule has 1 aliphatic heterocycles. The van der Waals surface area contributed by atoms with Crippen LogP contribution >= 0.6 is 7.82 Å². The van der Waals surface area contributed by atoms with Gasteiger partial charge in [-0.15, -0.1) is 0 Å². The van der Waals surface area contributed by atoms with Crippen LogP contribution in [0.3, 0.4) is 0 Å². The van der Waals surface area contributed by atoms with Crippen molar-refractivity contribution in [1.29, 1.82) is 0 Å². The van der Waals surface area contributed by atoms with Gasteiger partial charge in [-0.1, -0.05) is 0 Å². The molecular weight excluding hydrogens is 295 g/mol. The van der Waals surface area contributed by atoms with E-state index in [9.17, 15) is 24.2 Å². The van der Waals surface area contributed by atoms with Crippen molar-refractivity contribution >= 4 is 7.82 Å². The Bertz CT molecular complexity index is 633. The number of hydrogen-bond donors (Lipinski definition) is 3. The van der Waals surface area contributed by atoms with E-state index in [1.807, 2.05) is 4.98 Å². The normalized spacial score (nSPS) is 29.2. The van der Waals surface area contributed by atoms with Gasteiger partial charge in [0.25, 0.3) is 13.4 Å². The van der Waals surface area contributed by atoms with Crippen molar-refractivity contribution in [3.63, 3.8) is 0 Å². The maximum Gasteiger partial charge on any atom is 0.330 e. The Kier molecular flexibility index (Phi) is 4.23. The average Bonchev–Trinajstić information content (AvgIpc) is 2.67. The van der Waals surface area contributed by atoms with Gasteiger partial charge in [0.05, 0.1) is 12.7 Å². The Morgan fingerprint density at radius 1 is 1.60 bits per heavy atom. The van der Waals surface area contributed by atoms with Gasteiger partial charge in [-0.2, -0.15) is 0 Å². The first-order chi connectivity index (χ1) is 9.26. The minimum absolute atomic E-state index is 0.00850. The molecule has 0 bridgehead atoms. The zero-order valence-electron chi connectivity index (χ0n) is 10.0. The molecule has 112 valence electrons. The lowest BCUT2D eigenvalue weighted by Crippen LogP contribution is -2.31. The number of aliphatic hydroxyl groups excluding tert-OH is 1. The fourth-order valence-electron chi connectivity index (χ4n) is 1.86. The zero-order chi connectivity index (χ0) is 14.9. The highest BCUT2D eigenvalue weighted by molar-refractivity contribution is 7.44. The Hall–Kier alpha value is -1.29. The Morgan fingerprint density at radius 3 is 2.90 bits per heavy atom. The van der Waals surface area contributed by atoms with E-state index in [0.29, 0.717) is 0 Å². The minimum atomic E-state index is -4.91. The van der Waals surface area contributed by atoms with Crippen molar-refractivity contribution < 1.29 is 28.7 Å². The summed E-state index contributed by atoms with van der Waals surface area (Å²) in [4.78, 5) is 43.4. The molecule has 1 aliphatic rings. The highest BCUT2D eigenvalue weighted by atomic mass is 31.2. The maximum absolute atomic E-state index is 11.5. The highest BCUT2D eigenvalue weighted by Gasteiger charge is 2.36. The van der Waals surface area contributed by atoms with Crippen molar-refractivity contribution in [3.05, 3.63) is 33.1 Å². The van der Waals surface area contributed by atoms with Crippen LogP contribution in [-0.2, 0) is 13.8 Å². The average molecular weight is 307 g/mol. The lowest BCUT2D eigenvalue weighted by atomic mass is 10.2. The van der Waals surface area contributed by atoms with Crippen LogP contribution in [0, 0.1) is 0 Å². The molecule has 0 aromatic carbocycles. The van der Waals surface area contributed by atoms with E-state index in [4.69, 9.17) is 9.63 Å². The Labute approximate surface area is 111 Å². The monoisotopic (exact) mass is 307 g/mol.